The molecule has 1 amide bonds. The Morgan fingerprint density at radius 3 is 2.96 bits per heavy atom. The maximum Gasteiger partial charge on any atom is 0.349 e. The Morgan fingerprint density at radius 2 is 2.21 bits per heavy atom. The second-order valence-electron chi connectivity index (χ2n) is 5.51. The van der Waals surface area contributed by atoms with Crippen molar-refractivity contribution in [3.63, 3.8) is 0 Å². The number of aromatic amines is 1. The molecule has 3 rings (SSSR count). The third-order valence-corrected chi connectivity index (χ3v) is 3.78. The summed E-state index contributed by atoms with van der Waals surface area (Å²) in [5, 5.41) is 9.83. The van der Waals surface area contributed by atoms with Gasteiger partial charge in [-0.3, -0.25) is 9.89 Å². The zero-order valence-corrected chi connectivity index (χ0v) is 13.1. The molecule has 0 spiro atoms. The van der Waals surface area contributed by atoms with Crippen molar-refractivity contribution in [3.8, 4) is 0 Å². The number of H-pyrrole nitrogens is 1. The molecule has 0 saturated heterocycles. The van der Waals surface area contributed by atoms with Gasteiger partial charge in [0.1, 0.15) is 17.0 Å². The van der Waals surface area contributed by atoms with E-state index in [4.69, 9.17) is 4.42 Å². The van der Waals surface area contributed by atoms with Crippen LogP contribution in [0, 0.1) is 12.7 Å². The van der Waals surface area contributed by atoms with E-state index in [1.807, 2.05) is 6.92 Å². The van der Waals surface area contributed by atoms with Gasteiger partial charge in [-0.05, 0) is 49.6 Å². The number of hydrogen-bond acceptors (Lipinski definition) is 4. The summed E-state index contributed by atoms with van der Waals surface area (Å²) in [5.74, 6) is -0.989. The molecule has 0 unspecified atom stereocenters. The molecule has 2 heterocycles. The third kappa shape index (κ3) is 3.34. The highest BCUT2D eigenvalue weighted by molar-refractivity contribution is 5.96. The quantitative estimate of drug-likeness (QED) is 0.555. The topological polar surface area (TPSA) is 88.0 Å². The molecule has 0 fully saturated rings. The standard InChI is InChI=1S/C17H16FN3O3/c1-10-11(9-20-21-10)3-2-6-19-16(22)14-8-12-7-13(18)4-5-15(12)24-17(14)23/h4-5,7-9H,2-3,6H2,1H3,(H,19,22)(H,20,21). The van der Waals surface area contributed by atoms with Crippen LogP contribution in [0.2, 0.25) is 0 Å². The summed E-state index contributed by atoms with van der Waals surface area (Å²) >= 11 is 0. The number of fused-ring (bicyclic) bond motifs is 1. The van der Waals surface area contributed by atoms with E-state index >= 15 is 0 Å². The molecule has 3 aromatic rings. The zero-order valence-electron chi connectivity index (χ0n) is 13.1. The first kappa shape index (κ1) is 15.9. The Hall–Kier alpha value is -2.96. The van der Waals surface area contributed by atoms with Crippen LogP contribution in [0.5, 0.6) is 0 Å². The van der Waals surface area contributed by atoms with Crippen LogP contribution < -0.4 is 10.9 Å². The molecular weight excluding hydrogens is 313 g/mol. The van der Waals surface area contributed by atoms with Gasteiger partial charge < -0.3 is 9.73 Å². The van der Waals surface area contributed by atoms with E-state index in [1.54, 1.807) is 6.20 Å². The van der Waals surface area contributed by atoms with Gasteiger partial charge in [-0.2, -0.15) is 5.10 Å². The van der Waals surface area contributed by atoms with Crippen LogP contribution >= 0.6 is 0 Å². The number of halogens is 1. The molecule has 7 heteroatoms. The van der Waals surface area contributed by atoms with E-state index in [-0.39, 0.29) is 11.1 Å². The van der Waals surface area contributed by atoms with Crippen molar-refractivity contribution in [1.29, 1.82) is 0 Å². The van der Waals surface area contributed by atoms with Crippen molar-refractivity contribution in [2.24, 2.45) is 0 Å². The average molecular weight is 329 g/mol. The fraction of sp³-hybridized carbons (Fsp3) is 0.235. The smallest absolute Gasteiger partial charge is 0.349 e. The van der Waals surface area contributed by atoms with Gasteiger partial charge in [-0.1, -0.05) is 0 Å². The Bertz CT molecular complexity index is 946. The van der Waals surface area contributed by atoms with Gasteiger partial charge in [0.2, 0.25) is 0 Å². The summed E-state index contributed by atoms with van der Waals surface area (Å²) < 4.78 is 18.3. The van der Waals surface area contributed by atoms with Crippen LogP contribution in [0.25, 0.3) is 11.0 Å². The summed E-state index contributed by atoms with van der Waals surface area (Å²) in [6, 6.07) is 5.13. The molecule has 2 N–H and O–H groups in total. The van der Waals surface area contributed by atoms with E-state index in [1.165, 1.54) is 24.3 Å². The Balaban J connectivity index is 1.66. The van der Waals surface area contributed by atoms with Gasteiger partial charge in [0, 0.05) is 17.6 Å². The lowest BCUT2D eigenvalue weighted by Gasteiger charge is -2.05. The number of nitrogens with zero attached hydrogens (tertiary/aromatic N) is 1. The van der Waals surface area contributed by atoms with Gasteiger partial charge in [-0.25, -0.2) is 9.18 Å². The molecule has 0 aliphatic rings. The first-order chi connectivity index (χ1) is 11.5. The first-order valence-electron chi connectivity index (χ1n) is 7.55. The van der Waals surface area contributed by atoms with E-state index in [0.29, 0.717) is 18.4 Å². The summed E-state index contributed by atoms with van der Waals surface area (Å²) in [4.78, 5) is 24.0. The highest BCUT2D eigenvalue weighted by atomic mass is 19.1. The number of hydrogen-bond donors (Lipinski definition) is 2. The van der Waals surface area contributed by atoms with Crippen LogP contribution in [0.3, 0.4) is 0 Å². The lowest BCUT2D eigenvalue weighted by atomic mass is 10.1. The molecule has 0 radical (unpaired) electrons. The Morgan fingerprint density at radius 1 is 1.38 bits per heavy atom. The number of rotatable bonds is 5. The van der Waals surface area contributed by atoms with Crippen LogP contribution in [0.1, 0.15) is 28.0 Å². The summed E-state index contributed by atoms with van der Waals surface area (Å²) in [6.07, 6.45) is 3.23. The predicted molar refractivity (Wildman–Crippen MR) is 86.4 cm³/mol. The largest absolute Gasteiger partial charge is 0.422 e. The molecule has 124 valence electrons. The molecule has 0 aliphatic carbocycles. The minimum absolute atomic E-state index is 0.132. The van der Waals surface area contributed by atoms with Gasteiger partial charge >= 0.3 is 5.63 Å². The van der Waals surface area contributed by atoms with Gasteiger partial charge in [0.25, 0.3) is 5.91 Å². The second-order valence-corrected chi connectivity index (χ2v) is 5.51. The van der Waals surface area contributed by atoms with Crippen molar-refractivity contribution < 1.29 is 13.6 Å². The van der Waals surface area contributed by atoms with Gasteiger partial charge in [-0.15, -0.1) is 0 Å². The number of aryl methyl sites for hydroxylation is 2. The summed E-state index contributed by atoms with van der Waals surface area (Å²) in [6.45, 7) is 2.34. The van der Waals surface area contributed by atoms with E-state index in [9.17, 15) is 14.0 Å². The van der Waals surface area contributed by atoms with Crippen LogP contribution in [0.4, 0.5) is 4.39 Å². The number of aromatic nitrogens is 2. The number of carbonyl (C=O) groups excluding carboxylic acids is 1. The summed E-state index contributed by atoms with van der Waals surface area (Å²) in [7, 11) is 0. The van der Waals surface area contributed by atoms with Crippen molar-refractivity contribution in [1.82, 2.24) is 15.5 Å². The fourth-order valence-electron chi connectivity index (χ4n) is 2.46. The SMILES string of the molecule is Cc1[nH]ncc1CCCNC(=O)c1cc2cc(F)ccc2oc1=O. The monoisotopic (exact) mass is 329 g/mol. The van der Waals surface area contributed by atoms with E-state index < -0.39 is 17.3 Å². The number of nitrogens with one attached hydrogen (secondary N) is 2. The highest BCUT2D eigenvalue weighted by Gasteiger charge is 2.13. The van der Waals surface area contributed by atoms with Crippen molar-refractivity contribution in [2.45, 2.75) is 19.8 Å². The number of carbonyl (C=O) groups is 1. The van der Waals surface area contributed by atoms with Crippen molar-refractivity contribution >= 4 is 16.9 Å². The summed E-state index contributed by atoms with van der Waals surface area (Å²) in [5.41, 5.74) is 1.46. The Labute approximate surface area is 136 Å². The zero-order chi connectivity index (χ0) is 17.1. The lowest BCUT2D eigenvalue weighted by molar-refractivity contribution is 0.0949. The lowest BCUT2D eigenvalue weighted by Crippen LogP contribution is -2.29. The maximum absolute atomic E-state index is 13.3. The van der Waals surface area contributed by atoms with Crippen LogP contribution in [0.15, 0.2) is 39.7 Å². The molecule has 2 aromatic heterocycles. The van der Waals surface area contributed by atoms with E-state index in [2.05, 4.69) is 15.5 Å². The minimum atomic E-state index is -0.739. The normalized spacial score (nSPS) is 10.9. The Kier molecular flexibility index (Phi) is 4.41. The first-order valence-corrected chi connectivity index (χ1v) is 7.55. The molecule has 6 nitrogen and oxygen atoms in total. The second kappa shape index (κ2) is 6.66. The highest BCUT2D eigenvalue weighted by Crippen LogP contribution is 2.15. The molecular formula is C17H16FN3O3. The molecule has 1 aromatic carbocycles. The molecule has 0 atom stereocenters. The molecule has 24 heavy (non-hydrogen) atoms. The van der Waals surface area contributed by atoms with Crippen molar-refractivity contribution in [3.05, 3.63) is 63.5 Å². The third-order valence-electron chi connectivity index (χ3n) is 3.78. The molecule has 0 aliphatic heterocycles. The number of amides is 1. The van der Waals surface area contributed by atoms with E-state index in [0.717, 1.165) is 17.7 Å². The molecule has 0 saturated carbocycles. The van der Waals surface area contributed by atoms with Crippen LogP contribution in [-0.2, 0) is 6.42 Å². The average Bonchev–Trinajstić information content (AvgIpc) is 2.96. The maximum atomic E-state index is 13.3. The van der Waals surface area contributed by atoms with Gasteiger partial charge in [0.05, 0.1) is 6.20 Å². The fourth-order valence-corrected chi connectivity index (χ4v) is 2.46. The van der Waals surface area contributed by atoms with Crippen molar-refractivity contribution in [2.75, 3.05) is 6.54 Å². The van der Waals surface area contributed by atoms with Crippen LogP contribution in [-0.4, -0.2) is 22.6 Å². The minimum Gasteiger partial charge on any atom is -0.422 e. The predicted octanol–water partition coefficient (Wildman–Crippen LogP) is 2.33. The van der Waals surface area contributed by atoms with Gasteiger partial charge in [0.15, 0.2) is 0 Å². The number of benzene rings is 1. The molecule has 0 bridgehead atoms.